The highest BCUT2D eigenvalue weighted by atomic mass is 32.2. The van der Waals surface area contributed by atoms with E-state index in [2.05, 4.69) is 9.71 Å². The van der Waals surface area contributed by atoms with Crippen LogP contribution in [0.2, 0.25) is 0 Å². The van der Waals surface area contributed by atoms with Crippen LogP contribution in [-0.4, -0.2) is 48.4 Å². The summed E-state index contributed by atoms with van der Waals surface area (Å²) >= 11 is 0. The van der Waals surface area contributed by atoms with Crippen molar-refractivity contribution in [1.29, 1.82) is 0 Å². The average Bonchev–Trinajstić information content (AvgIpc) is 3.05. The summed E-state index contributed by atoms with van der Waals surface area (Å²) in [5.41, 5.74) is 6.50. The molecule has 0 aliphatic rings. The number of carbonyl (C=O) groups is 1. The Bertz CT molecular complexity index is 789. The first-order chi connectivity index (χ1) is 11.9. The molecule has 0 spiro atoms. The van der Waals surface area contributed by atoms with Gasteiger partial charge >= 0.3 is 0 Å². The van der Waals surface area contributed by atoms with Crippen LogP contribution in [0.3, 0.4) is 0 Å². The molecule has 1 heterocycles. The zero-order chi connectivity index (χ0) is 18.3. The Morgan fingerprint density at radius 1 is 1.32 bits per heavy atom. The van der Waals surface area contributed by atoms with Crippen LogP contribution >= 0.6 is 0 Å². The van der Waals surface area contributed by atoms with Gasteiger partial charge in [0.05, 0.1) is 12.9 Å². The number of nitrogens with one attached hydrogen (secondary N) is 1. The molecule has 8 nitrogen and oxygen atoms in total. The molecule has 0 bridgehead atoms. The van der Waals surface area contributed by atoms with E-state index in [4.69, 9.17) is 5.73 Å². The van der Waals surface area contributed by atoms with E-state index in [-0.39, 0.29) is 17.5 Å². The van der Waals surface area contributed by atoms with Crippen molar-refractivity contribution in [1.82, 2.24) is 19.2 Å². The summed E-state index contributed by atoms with van der Waals surface area (Å²) in [5, 5.41) is -0.112. The summed E-state index contributed by atoms with van der Waals surface area (Å²) in [6.45, 7) is 1.01. The molecule has 1 amide bonds. The fourth-order valence-corrected chi connectivity index (χ4v) is 3.20. The first-order valence-corrected chi connectivity index (χ1v) is 9.40. The molecule has 0 aliphatic carbocycles. The van der Waals surface area contributed by atoms with Gasteiger partial charge in [-0.1, -0.05) is 30.3 Å². The Balaban J connectivity index is 2.01. The number of rotatable bonds is 9. The minimum atomic E-state index is -3.82. The summed E-state index contributed by atoms with van der Waals surface area (Å²) in [4.78, 5) is 17.9. The predicted molar refractivity (Wildman–Crippen MR) is 93.9 cm³/mol. The van der Waals surface area contributed by atoms with Crippen molar-refractivity contribution in [3.8, 4) is 0 Å². The van der Waals surface area contributed by atoms with E-state index in [1.54, 1.807) is 11.9 Å². The van der Waals surface area contributed by atoms with Crippen LogP contribution in [0.1, 0.15) is 12.0 Å². The minimum absolute atomic E-state index is 0.112. The quantitative estimate of drug-likeness (QED) is 0.654. The summed E-state index contributed by atoms with van der Waals surface area (Å²) < 4.78 is 28.2. The van der Waals surface area contributed by atoms with E-state index in [1.165, 1.54) is 17.1 Å². The van der Waals surface area contributed by atoms with Crippen molar-refractivity contribution >= 4 is 15.9 Å². The smallest absolute Gasteiger partial charge is 0.260 e. The maximum atomic E-state index is 12.5. The van der Waals surface area contributed by atoms with Gasteiger partial charge in [-0.2, -0.15) is 0 Å². The highest BCUT2D eigenvalue weighted by Gasteiger charge is 2.20. The minimum Gasteiger partial charge on any atom is -0.339 e. The highest BCUT2D eigenvalue weighted by molar-refractivity contribution is 7.89. The molecule has 0 saturated carbocycles. The molecular formula is C16H23N5O3S. The zero-order valence-corrected chi connectivity index (χ0v) is 14.9. The van der Waals surface area contributed by atoms with Gasteiger partial charge < -0.3 is 15.2 Å². The lowest BCUT2D eigenvalue weighted by molar-refractivity contribution is -0.130. The Kier molecular flexibility index (Phi) is 6.68. The summed E-state index contributed by atoms with van der Waals surface area (Å²) in [7, 11) is -2.14. The molecule has 1 aromatic heterocycles. The van der Waals surface area contributed by atoms with Crippen LogP contribution < -0.4 is 10.5 Å². The van der Waals surface area contributed by atoms with Crippen molar-refractivity contribution in [3.05, 3.63) is 48.4 Å². The number of nitrogens with two attached hydrogens (primary N) is 1. The average molecular weight is 365 g/mol. The van der Waals surface area contributed by atoms with E-state index in [0.717, 1.165) is 5.56 Å². The van der Waals surface area contributed by atoms with Gasteiger partial charge in [0.1, 0.15) is 0 Å². The number of sulfonamides is 1. The molecule has 0 radical (unpaired) electrons. The number of hydrogen-bond acceptors (Lipinski definition) is 5. The lowest BCUT2D eigenvalue weighted by Gasteiger charge is -2.23. The first kappa shape index (κ1) is 19.1. The number of carbonyl (C=O) groups excluding carboxylic acids is 1. The van der Waals surface area contributed by atoms with Crippen molar-refractivity contribution in [2.24, 2.45) is 12.8 Å². The lowest BCUT2D eigenvalue weighted by Crippen LogP contribution is -2.40. The van der Waals surface area contributed by atoms with E-state index >= 15 is 0 Å². The molecule has 9 heteroatoms. The Morgan fingerprint density at radius 3 is 2.64 bits per heavy atom. The lowest BCUT2D eigenvalue weighted by atomic mass is 10.2. The summed E-state index contributed by atoms with van der Waals surface area (Å²) in [6, 6.07) is 9.52. The number of aromatic nitrogens is 2. The predicted octanol–water partition coefficient (Wildman–Crippen LogP) is 0.0760. The number of amides is 1. The van der Waals surface area contributed by atoms with Gasteiger partial charge in [0.15, 0.2) is 5.03 Å². The monoisotopic (exact) mass is 365 g/mol. The zero-order valence-electron chi connectivity index (χ0n) is 14.1. The van der Waals surface area contributed by atoms with Crippen LogP contribution in [0.15, 0.2) is 47.9 Å². The van der Waals surface area contributed by atoms with Crippen molar-refractivity contribution in [2.45, 2.75) is 18.0 Å². The fourth-order valence-electron chi connectivity index (χ4n) is 2.25. The van der Waals surface area contributed by atoms with Gasteiger partial charge in [0.2, 0.25) is 5.91 Å². The van der Waals surface area contributed by atoms with Crippen LogP contribution in [0, 0.1) is 0 Å². The SMILES string of the molecule is Cn1cnc(S(=O)(=O)NCC(=O)N(CCCN)Cc2ccccc2)c1. The van der Waals surface area contributed by atoms with E-state index in [9.17, 15) is 13.2 Å². The van der Waals surface area contributed by atoms with E-state index in [0.29, 0.717) is 26.1 Å². The van der Waals surface area contributed by atoms with Gasteiger partial charge in [-0.3, -0.25) is 4.79 Å². The van der Waals surface area contributed by atoms with Crippen molar-refractivity contribution in [2.75, 3.05) is 19.6 Å². The molecule has 2 rings (SSSR count). The maximum Gasteiger partial charge on any atom is 0.260 e. The van der Waals surface area contributed by atoms with Gasteiger partial charge in [-0.05, 0) is 18.5 Å². The molecule has 2 aromatic rings. The molecule has 0 atom stereocenters. The number of hydrogen-bond donors (Lipinski definition) is 2. The normalized spacial score (nSPS) is 11.4. The Hall–Kier alpha value is -2.23. The third kappa shape index (κ3) is 5.66. The van der Waals surface area contributed by atoms with Gasteiger partial charge in [0, 0.05) is 26.3 Å². The number of nitrogens with zero attached hydrogens (tertiary/aromatic N) is 3. The second-order valence-corrected chi connectivity index (χ2v) is 7.36. The third-order valence-corrected chi connectivity index (χ3v) is 4.86. The number of aryl methyl sites for hydroxylation is 1. The van der Waals surface area contributed by atoms with Crippen LogP contribution in [-0.2, 0) is 28.4 Å². The van der Waals surface area contributed by atoms with Gasteiger partial charge in [-0.25, -0.2) is 18.1 Å². The standard InChI is InChI=1S/C16H23N5O3S/c1-20-12-15(18-13-20)25(23,24)19-10-16(22)21(9-5-8-17)11-14-6-3-2-4-7-14/h2-4,6-7,12-13,19H,5,8-11,17H2,1H3. The molecule has 0 unspecified atom stereocenters. The highest BCUT2D eigenvalue weighted by Crippen LogP contribution is 2.07. The first-order valence-electron chi connectivity index (χ1n) is 7.92. The van der Waals surface area contributed by atoms with E-state index in [1.807, 2.05) is 30.3 Å². The van der Waals surface area contributed by atoms with E-state index < -0.39 is 10.0 Å². The van der Waals surface area contributed by atoms with Crippen LogP contribution in [0.25, 0.3) is 0 Å². The fraction of sp³-hybridized carbons (Fsp3) is 0.375. The van der Waals surface area contributed by atoms with Crippen molar-refractivity contribution < 1.29 is 13.2 Å². The second kappa shape index (κ2) is 8.75. The Labute approximate surface area is 147 Å². The van der Waals surface area contributed by atoms with Crippen molar-refractivity contribution in [3.63, 3.8) is 0 Å². The van der Waals surface area contributed by atoms with Gasteiger partial charge in [-0.15, -0.1) is 0 Å². The molecule has 136 valence electrons. The maximum absolute atomic E-state index is 12.5. The molecule has 3 N–H and O–H groups in total. The van der Waals surface area contributed by atoms with Crippen LogP contribution in [0.4, 0.5) is 0 Å². The topological polar surface area (TPSA) is 110 Å². The molecule has 0 aliphatic heterocycles. The molecule has 25 heavy (non-hydrogen) atoms. The summed E-state index contributed by atoms with van der Waals surface area (Å²) in [6.07, 6.45) is 3.41. The van der Waals surface area contributed by atoms with Gasteiger partial charge in [0.25, 0.3) is 10.0 Å². The second-order valence-electron chi connectivity index (χ2n) is 5.65. The summed E-state index contributed by atoms with van der Waals surface area (Å²) in [5.74, 6) is -0.309. The largest absolute Gasteiger partial charge is 0.339 e. The number of imidazole rings is 1. The van der Waals surface area contributed by atoms with Crippen LogP contribution in [0.5, 0.6) is 0 Å². The third-order valence-electron chi connectivity index (χ3n) is 3.57. The molecule has 0 fully saturated rings. The Morgan fingerprint density at radius 2 is 2.04 bits per heavy atom. The molecule has 1 aromatic carbocycles. The molecule has 0 saturated heterocycles. The molecular weight excluding hydrogens is 342 g/mol. The number of benzene rings is 1.